The number of urea groups is 1. The van der Waals surface area contributed by atoms with Crippen molar-refractivity contribution in [2.24, 2.45) is 5.41 Å². The maximum Gasteiger partial charge on any atom is 0.320 e. The van der Waals surface area contributed by atoms with Crippen LogP contribution in [0.4, 0.5) is 4.79 Å². The Bertz CT molecular complexity index is 349. The average Bonchev–Trinajstić information content (AvgIpc) is 2.97. The average molecular weight is 279 g/mol. The van der Waals surface area contributed by atoms with Crippen molar-refractivity contribution >= 4 is 6.03 Å². The number of rotatable bonds is 2. The molecule has 1 spiro atoms. The van der Waals surface area contributed by atoms with Crippen LogP contribution in [0.1, 0.15) is 46.0 Å². The Labute approximate surface area is 123 Å². The summed E-state index contributed by atoms with van der Waals surface area (Å²) in [6.45, 7) is 11.0. The van der Waals surface area contributed by atoms with Gasteiger partial charge in [-0.05, 0) is 52.1 Å². The lowest BCUT2D eigenvalue weighted by atomic mass is 9.72. The molecular formula is C16H29N3O. The van der Waals surface area contributed by atoms with Gasteiger partial charge in [-0.2, -0.15) is 0 Å². The van der Waals surface area contributed by atoms with Gasteiger partial charge in [-0.3, -0.25) is 0 Å². The molecule has 0 aromatic rings. The fourth-order valence-corrected chi connectivity index (χ4v) is 4.02. The number of likely N-dealkylation sites (tertiary alicyclic amines) is 3. The number of carbonyl (C=O) groups excluding carboxylic acids is 1. The van der Waals surface area contributed by atoms with E-state index in [1.54, 1.807) is 0 Å². The molecule has 114 valence electrons. The Hall–Kier alpha value is -0.770. The molecule has 0 radical (unpaired) electrons. The molecule has 4 nitrogen and oxygen atoms in total. The summed E-state index contributed by atoms with van der Waals surface area (Å²) in [5.74, 6) is 0. The number of carbonyl (C=O) groups is 1. The highest BCUT2D eigenvalue weighted by Gasteiger charge is 2.47. The minimum absolute atomic E-state index is 0.303. The highest BCUT2D eigenvalue weighted by molar-refractivity contribution is 5.75. The first kappa shape index (κ1) is 14.2. The molecule has 0 aromatic carbocycles. The van der Waals surface area contributed by atoms with Crippen molar-refractivity contribution in [3.8, 4) is 0 Å². The number of amides is 2. The second-order valence-corrected chi connectivity index (χ2v) is 7.13. The molecule has 0 N–H and O–H groups in total. The number of hydrogen-bond donors (Lipinski definition) is 0. The molecule has 3 saturated heterocycles. The van der Waals surface area contributed by atoms with E-state index in [-0.39, 0.29) is 0 Å². The van der Waals surface area contributed by atoms with E-state index in [0.29, 0.717) is 11.4 Å². The highest BCUT2D eigenvalue weighted by atomic mass is 16.2. The van der Waals surface area contributed by atoms with E-state index in [4.69, 9.17) is 0 Å². The van der Waals surface area contributed by atoms with E-state index in [0.717, 1.165) is 32.2 Å². The predicted octanol–water partition coefficient (Wildman–Crippen LogP) is 2.40. The van der Waals surface area contributed by atoms with Crippen molar-refractivity contribution < 1.29 is 4.79 Å². The third-order valence-corrected chi connectivity index (χ3v) is 5.77. The highest BCUT2D eigenvalue weighted by Crippen LogP contribution is 2.41. The number of piperidine rings is 1. The molecule has 3 aliphatic rings. The van der Waals surface area contributed by atoms with Crippen LogP contribution in [0.2, 0.25) is 0 Å². The van der Waals surface area contributed by atoms with E-state index in [2.05, 4.69) is 23.6 Å². The van der Waals surface area contributed by atoms with E-state index in [1.807, 2.05) is 4.90 Å². The minimum Gasteiger partial charge on any atom is -0.325 e. The lowest BCUT2D eigenvalue weighted by Gasteiger charge is -2.55. The molecule has 1 unspecified atom stereocenters. The maximum absolute atomic E-state index is 12.3. The van der Waals surface area contributed by atoms with Crippen LogP contribution >= 0.6 is 0 Å². The Kier molecular flexibility index (Phi) is 3.93. The van der Waals surface area contributed by atoms with Gasteiger partial charge in [0.1, 0.15) is 0 Å². The smallest absolute Gasteiger partial charge is 0.320 e. The monoisotopic (exact) mass is 279 g/mol. The Morgan fingerprint density at radius 2 is 1.65 bits per heavy atom. The van der Waals surface area contributed by atoms with Crippen molar-refractivity contribution in [1.29, 1.82) is 0 Å². The van der Waals surface area contributed by atoms with Crippen molar-refractivity contribution in [3.63, 3.8) is 0 Å². The van der Waals surface area contributed by atoms with Crippen LogP contribution in [0.15, 0.2) is 0 Å². The van der Waals surface area contributed by atoms with Gasteiger partial charge in [-0.1, -0.05) is 6.92 Å². The van der Waals surface area contributed by atoms with E-state index >= 15 is 0 Å². The molecule has 3 rings (SSSR count). The van der Waals surface area contributed by atoms with Gasteiger partial charge in [0, 0.05) is 37.6 Å². The van der Waals surface area contributed by atoms with Gasteiger partial charge >= 0.3 is 6.03 Å². The van der Waals surface area contributed by atoms with E-state index in [9.17, 15) is 4.79 Å². The summed E-state index contributed by atoms with van der Waals surface area (Å²) < 4.78 is 0. The van der Waals surface area contributed by atoms with Gasteiger partial charge in [-0.15, -0.1) is 0 Å². The molecule has 0 aliphatic carbocycles. The van der Waals surface area contributed by atoms with E-state index in [1.165, 1.54) is 45.2 Å². The van der Waals surface area contributed by atoms with Crippen LogP contribution in [-0.4, -0.2) is 66.0 Å². The van der Waals surface area contributed by atoms with Crippen molar-refractivity contribution in [2.45, 2.75) is 52.0 Å². The van der Waals surface area contributed by atoms with Gasteiger partial charge in [0.05, 0.1) is 0 Å². The zero-order valence-electron chi connectivity index (χ0n) is 13.1. The first-order valence-corrected chi connectivity index (χ1v) is 8.41. The third kappa shape index (κ3) is 2.54. The first-order chi connectivity index (χ1) is 9.63. The van der Waals surface area contributed by atoms with Crippen LogP contribution in [0.5, 0.6) is 0 Å². The largest absolute Gasteiger partial charge is 0.325 e. The Balaban J connectivity index is 1.47. The molecule has 1 atom stereocenters. The molecule has 3 fully saturated rings. The molecule has 0 saturated carbocycles. The van der Waals surface area contributed by atoms with Gasteiger partial charge in [0.15, 0.2) is 0 Å². The predicted molar refractivity (Wildman–Crippen MR) is 80.8 cm³/mol. The maximum atomic E-state index is 12.3. The normalized spacial score (nSPS) is 27.7. The Morgan fingerprint density at radius 1 is 1.05 bits per heavy atom. The zero-order chi connectivity index (χ0) is 14.2. The van der Waals surface area contributed by atoms with Crippen LogP contribution in [0.3, 0.4) is 0 Å². The molecule has 0 bridgehead atoms. The van der Waals surface area contributed by atoms with E-state index < -0.39 is 0 Å². The van der Waals surface area contributed by atoms with Crippen LogP contribution in [0.25, 0.3) is 0 Å². The molecular weight excluding hydrogens is 250 g/mol. The van der Waals surface area contributed by atoms with Gasteiger partial charge < -0.3 is 14.7 Å². The summed E-state index contributed by atoms with van der Waals surface area (Å²) in [5, 5.41) is 0. The summed E-state index contributed by atoms with van der Waals surface area (Å²) in [5.41, 5.74) is 0.458. The standard InChI is InChI=1S/C16H29N3O/c1-3-14(2)17-10-6-16(7-11-17)12-19(13-16)15(20)18-8-4-5-9-18/h14H,3-13H2,1-2H3. The zero-order valence-corrected chi connectivity index (χ0v) is 13.1. The van der Waals surface area contributed by atoms with Crippen molar-refractivity contribution in [2.75, 3.05) is 39.3 Å². The molecule has 0 aromatic heterocycles. The fourth-order valence-electron chi connectivity index (χ4n) is 4.02. The summed E-state index contributed by atoms with van der Waals surface area (Å²) in [6.07, 6.45) is 6.18. The third-order valence-electron chi connectivity index (χ3n) is 5.77. The van der Waals surface area contributed by atoms with Crippen molar-refractivity contribution in [3.05, 3.63) is 0 Å². The molecule has 3 aliphatic heterocycles. The van der Waals surface area contributed by atoms with Crippen molar-refractivity contribution in [1.82, 2.24) is 14.7 Å². The molecule has 20 heavy (non-hydrogen) atoms. The van der Waals surface area contributed by atoms with Gasteiger partial charge in [0.2, 0.25) is 0 Å². The fraction of sp³-hybridized carbons (Fsp3) is 0.938. The first-order valence-electron chi connectivity index (χ1n) is 8.41. The van der Waals surface area contributed by atoms with Crippen LogP contribution < -0.4 is 0 Å². The SMILES string of the molecule is CCC(C)N1CCC2(CC1)CN(C(=O)N1CCCC1)C2. The summed E-state index contributed by atoms with van der Waals surface area (Å²) in [6, 6.07) is 1.02. The molecule has 4 heteroatoms. The summed E-state index contributed by atoms with van der Waals surface area (Å²) >= 11 is 0. The quantitative estimate of drug-likeness (QED) is 0.776. The second kappa shape index (κ2) is 5.55. The molecule has 2 amide bonds. The topological polar surface area (TPSA) is 26.8 Å². The lowest BCUT2D eigenvalue weighted by Crippen LogP contribution is -2.64. The van der Waals surface area contributed by atoms with Gasteiger partial charge in [0.25, 0.3) is 0 Å². The Morgan fingerprint density at radius 3 is 2.20 bits per heavy atom. The second-order valence-electron chi connectivity index (χ2n) is 7.13. The lowest BCUT2D eigenvalue weighted by molar-refractivity contribution is -0.0355. The minimum atomic E-state index is 0.303. The number of hydrogen-bond acceptors (Lipinski definition) is 2. The summed E-state index contributed by atoms with van der Waals surface area (Å²) in [4.78, 5) is 19.1. The number of nitrogens with zero attached hydrogens (tertiary/aromatic N) is 3. The molecule has 3 heterocycles. The van der Waals surface area contributed by atoms with Crippen LogP contribution in [0, 0.1) is 5.41 Å². The summed E-state index contributed by atoms with van der Waals surface area (Å²) in [7, 11) is 0. The van der Waals surface area contributed by atoms with Gasteiger partial charge in [-0.25, -0.2) is 4.79 Å². The van der Waals surface area contributed by atoms with Crippen LogP contribution in [-0.2, 0) is 0 Å².